The summed E-state index contributed by atoms with van der Waals surface area (Å²) in [6, 6.07) is 3.99. The molecule has 158 valence electrons. The standard InChI is InChI=1S/C19H26N4O5S/c1-3-22(4-2)17(24)13-21-8-5-9-23(11-10-21)29(27,28)14-6-7-15-16(12-14)19(26)20-18(15)25/h6-7,12H,3-5,8-11,13H2,1-2H3,(H,20,25,26). The van der Waals surface area contributed by atoms with Gasteiger partial charge in [0.2, 0.25) is 15.9 Å². The van der Waals surface area contributed by atoms with E-state index >= 15 is 0 Å². The highest BCUT2D eigenvalue weighted by molar-refractivity contribution is 7.89. The second-order valence-corrected chi connectivity index (χ2v) is 9.03. The van der Waals surface area contributed by atoms with Gasteiger partial charge in [-0.15, -0.1) is 0 Å². The number of carbonyl (C=O) groups is 3. The van der Waals surface area contributed by atoms with Gasteiger partial charge in [0, 0.05) is 32.7 Å². The smallest absolute Gasteiger partial charge is 0.258 e. The molecule has 0 bridgehead atoms. The molecule has 2 aliphatic rings. The molecule has 1 N–H and O–H groups in total. The number of hydrogen-bond acceptors (Lipinski definition) is 6. The molecule has 1 aromatic rings. The van der Waals surface area contributed by atoms with E-state index in [9.17, 15) is 22.8 Å². The Labute approximate surface area is 170 Å². The van der Waals surface area contributed by atoms with Gasteiger partial charge in [0.25, 0.3) is 11.8 Å². The van der Waals surface area contributed by atoms with Crippen LogP contribution in [-0.4, -0.2) is 86.1 Å². The fourth-order valence-corrected chi connectivity index (χ4v) is 5.17. The zero-order chi connectivity index (χ0) is 21.2. The molecular weight excluding hydrogens is 396 g/mol. The van der Waals surface area contributed by atoms with E-state index in [-0.39, 0.29) is 35.0 Å². The van der Waals surface area contributed by atoms with E-state index in [2.05, 4.69) is 5.32 Å². The average molecular weight is 423 g/mol. The number of carbonyl (C=O) groups excluding carboxylic acids is 3. The molecule has 10 heteroatoms. The second-order valence-electron chi connectivity index (χ2n) is 7.09. The lowest BCUT2D eigenvalue weighted by atomic mass is 10.1. The fraction of sp³-hybridized carbons (Fsp3) is 0.526. The van der Waals surface area contributed by atoms with Gasteiger partial charge in [-0.05, 0) is 45.0 Å². The maximum Gasteiger partial charge on any atom is 0.258 e. The van der Waals surface area contributed by atoms with Gasteiger partial charge in [0.1, 0.15) is 0 Å². The van der Waals surface area contributed by atoms with E-state index < -0.39 is 21.8 Å². The summed E-state index contributed by atoms with van der Waals surface area (Å²) in [4.78, 5) is 39.6. The van der Waals surface area contributed by atoms with E-state index in [0.717, 1.165) is 0 Å². The molecule has 0 spiro atoms. The van der Waals surface area contributed by atoms with Crippen molar-refractivity contribution in [2.75, 3.05) is 45.8 Å². The molecule has 1 fully saturated rings. The number of imide groups is 1. The Morgan fingerprint density at radius 3 is 2.41 bits per heavy atom. The van der Waals surface area contributed by atoms with Gasteiger partial charge in [0.15, 0.2) is 0 Å². The molecule has 0 saturated carbocycles. The maximum atomic E-state index is 13.1. The van der Waals surface area contributed by atoms with Crippen LogP contribution in [0.3, 0.4) is 0 Å². The van der Waals surface area contributed by atoms with Crippen LogP contribution in [-0.2, 0) is 14.8 Å². The predicted octanol–water partition coefficient (Wildman–Crippen LogP) is 0.135. The number of nitrogens with one attached hydrogen (secondary N) is 1. The summed E-state index contributed by atoms with van der Waals surface area (Å²) in [6.07, 6.45) is 0.606. The monoisotopic (exact) mass is 422 g/mol. The summed E-state index contributed by atoms with van der Waals surface area (Å²) in [7, 11) is -3.81. The summed E-state index contributed by atoms with van der Waals surface area (Å²) >= 11 is 0. The Morgan fingerprint density at radius 1 is 1.03 bits per heavy atom. The van der Waals surface area contributed by atoms with Gasteiger partial charge in [-0.3, -0.25) is 24.6 Å². The summed E-state index contributed by atoms with van der Waals surface area (Å²) in [6.45, 7) is 7.13. The van der Waals surface area contributed by atoms with Gasteiger partial charge in [0.05, 0.1) is 22.6 Å². The number of amides is 3. The van der Waals surface area contributed by atoms with Crippen LogP contribution in [0, 0.1) is 0 Å². The minimum absolute atomic E-state index is 0.00577. The highest BCUT2D eigenvalue weighted by atomic mass is 32.2. The summed E-state index contributed by atoms with van der Waals surface area (Å²) in [5.74, 6) is -1.06. The molecule has 29 heavy (non-hydrogen) atoms. The normalized spacial score (nSPS) is 18.3. The molecule has 2 aliphatic heterocycles. The Bertz CT molecular complexity index is 927. The van der Waals surface area contributed by atoms with Crippen LogP contribution in [0.25, 0.3) is 0 Å². The highest BCUT2D eigenvalue weighted by Gasteiger charge is 2.32. The zero-order valence-corrected chi connectivity index (χ0v) is 17.5. The summed E-state index contributed by atoms with van der Waals surface area (Å²) < 4.78 is 27.5. The topological polar surface area (TPSA) is 107 Å². The van der Waals surface area contributed by atoms with Crippen LogP contribution < -0.4 is 5.32 Å². The third-order valence-corrected chi connectivity index (χ3v) is 7.26. The lowest BCUT2D eigenvalue weighted by Gasteiger charge is -2.25. The number of benzene rings is 1. The number of sulfonamides is 1. The minimum atomic E-state index is -3.81. The molecule has 0 aliphatic carbocycles. The number of fused-ring (bicyclic) bond motifs is 1. The third kappa shape index (κ3) is 4.34. The zero-order valence-electron chi connectivity index (χ0n) is 16.7. The molecule has 1 aromatic carbocycles. The van der Waals surface area contributed by atoms with Crippen molar-refractivity contribution in [3.05, 3.63) is 29.3 Å². The molecule has 1 saturated heterocycles. The maximum absolute atomic E-state index is 13.1. The second kappa shape index (κ2) is 8.60. The first-order valence-electron chi connectivity index (χ1n) is 9.78. The summed E-state index contributed by atoms with van der Waals surface area (Å²) in [5, 5.41) is 2.16. The van der Waals surface area contributed by atoms with Crippen LogP contribution in [0.15, 0.2) is 23.1 Å². The predicted molar refractivity (Wildman–Crippen MR) is 106 cm³/mol. The summed E-state index contributed by atoms with van der Waals surface area (Å²) in [5.41, 5.74) is 0.267. The van der Waals surface area contributed by atoms with Crippen molar-refractivity contribution in [2.45, 2.75) is 25.2 Å². The Morgan fingerprint density at radius 2 is 1.72 bits per heavy atom. The number of hydrogen-bond donors (Lipinski definition) is 1. The van der Waals surface area contributed by atoms with Crippen molar-refractivity contribution in [2.24, 2.45) is 0 Å². The SMILES string of the molecule is CCN(CC)C(=O)CN1CCCN(S(=O)(=O)c2ccc3c(c2)C(=O)NC3=O)CC1. The first kappa shape index (κ1) is 21.4. The lowest BCUT2D eigenvalue weighted by molar-refractivity contribution is -0.132. The quantitative estimate of drug-likeness (QED) is 0.654. The van der Waals surface area contributed by atoms with Crippen LogP contribution >= 0.6 is 0 Å². The van der Waals surface area contributed by atoms with E-state index in [0.29, 0.717) is 39.1 Å². The minimum Gasteiger partial charge on any atom is -0.342 e. The first-order chi connectivity index (χ1) is 13.8. The lowest BCUT2D eigenvalue weighted by Crippen LogP contribution is -2.42. The molecular formula is C19H26N4O5S. The van der Waals surface area contributed by atoms with Gasteiger partial charge >= 0.3 is 0 Å². The molecule has 2 heterocycles. The van der Waals surface area contributed by atoms with Crippen molar-refractivity contribution in [1.82, 2.24) is 19.4 Å². The van der Waals surface area contributed by atoms with Gasteiger partial charge in [-0.2, -0.15) is 4.31 Å². The van der Waals surface area contributed by atoms with E-state index in [1.54, 1.807) is 4.90 Å². The van der Waals surface area contributed by atoms with Crippen LogP contribution in [0.5, 0.6) is 0 Å². The van der Waals surface area contributed by atoms with Crippen LogP contribution in [0.2, 0.25) is 0 Å². The van der Waals surface area contributed by atoms with Gasteiger partial charge in [-0.1, -0.05) is 0 Å². The molecule has 0 radical (unpaired) electrons. The number of likely N-dealkylation sites (N-methyl/N-ethyl adjacent to an activating group) is 1. The molecule has 0 unspecified atom stereocenters. The Balaban J connectivity index is 1.71. The number of rotatable bonds is 6. The molecule has 0 aromatic heterocycles. The van der Waals surface area contributed by atoms with Crippen molar-refractivity contribution >= 4 is 27.7 Å². The fourth-order valence-electron chi connectivity index (χ4n) is 3.67. The largest absolute Gasteiger partial charge is 0.342 e. The molecule has 0 atom stereocenters. The van der Waals surface area contributed by atoms with Crippen LogP contribution in [0.4, 0.5) is 0 Å². The third-order valence-electron chi connectivity index (χ3n) is 5.37. The molecule has 3 rings (SSSR count). The van der Waals surface area contributed by atoms with E-state index in [4.69, 9.17) is 0 Å². The van der Waals surface area contributed by atoms with Gasteiger partial charge < -0.3 is 4.90 Å². The first-order valence-corrected chi connectivity index (χ1v) is 11.2. The van der Waals surface area contributed by atoms with Crippen molar-refractivity contribution in [3.8, 4) is 0 Å². The Kier molecular flexibility index (Phi) is 6.35. The number of nitrogens with zero attached hydrogens (tertiary/aromatic N) is 3. The molecule has 3 amide bonds. The van der Waals surface area contributed by atoms with Crippen molar-refractivity contribution < 1.29 is 22.8 Å². The van der Waals surface area contributed by atoms with Crippen molar-refractivity contribution in [1.29, 1.82) is 0 Å². The highest BCUT2D eigenvalue weighted by Crippen LogP contribution is 2.23. The van der Waals surface area contributed by atoms with Crippen LogP contribution in [0.1, 0.15) is 41.0 Å². The van der Waals surface area contributed by atoms with Gasteiger partial charge in [-0.25, -0.2) is 8.42 Å². The Hall–Kier alpha value is -2.30. The van der Waals surface area contributed by atoms with E-state index in [1.165, 1.54) is 22.5 Å². The van der Waals surface area contributed by atoms with E-state index in [1.807, 2.05) is 18.7 Å². The average Bonchev–Trinajstić information content (AvgIpc) is 2.85. The molecule has 9 nitrogen and oxygen atoms in total. The van der Waals surface area contributed by atoms with Crippen molar-refractivity contribution in [3.63, 3.8) is 0 Å².